The highest BCUT2D eigenvalue weighted by atomic mass is 19.1. The van der Waals surface area contributed by atoms with Gasteiger partial charge in [0.1, 0.15) is 17.5 Å². The summed E-state index contributed by atoms with van der Waals surface area (Å²) in [5, 5.41) is 0. The summed E-state index contributed by atoms with van der Waals surface area (Å²) in [7, 11) is 0. The number of rotatable bonds is 3. The zero-order valence-electron chi connectivity index (χ0n) is 14.3. The van der Waals surface area contributed by atoms with Crippen LogP contribution in [0.3, 0.4) is 0 Å². The minimum Gasteiger partial charge on any atom is -0.370 e. The first-order valence-corrected chi connectivity index (χ1v) is 8.35. The fraction of sp³-hybridized carbons (Fsp3) is 0.368. The van der Waals surface area contributed by atoms with Crippen LogP contribution in [0.15, 0.2) is 41.2 Å². The average Bonchev–Trinajstić information content (AvgIpc) is 2.61. The number of H-pyrrole nitrogens is 1. The van der Waals surface area contributed by atoms with E-state index in [0.717, 1.165) is 11.3 Å². The largest absolute Gasteiger partial charge is 0.370 e. The lowest BCUT2D eigenvalue weighted by Gasteiger charge is -2.33. The number of carbonyl (C=O) groups excluding carboxylic acids is 1. The van der Waals surface area contributed by atoms with Crippen LogP contribution < -0.4 is 5.56 Å². The number of aromatic amines is 1. The molecule has 0 bridgehead atoms. The fourth-order valence-electron chi connectivity index (χ4n) is 2.88. The summed E-state index contributed by atoms with van der Waals surface area (Å²) in [5.41, 5.74) is 1.36. The molecule has 1 aliphatic rings. The van der Waals surface area contributed by atoms with Crippen molar-refractivity contribution in [3.8, 4) is 0 Å². The minimum atomic E-state index is -0.374. The summed E-state index contributed by atoms with van der Waals surface area (Å²) in [4.78, 5) is 29.3. The fourth-order valence-corrected chi connectivity index (χ4v) is 2.88. The van der Waals surface area contributed by atoms with Crippen LogP contribution >= 0.6 is 0 Å². The number of halogens is 1. The Morgan fingerprint density at radius 1 is 1.24 bits per heavy atom. The van der Waals surface area contributed by atoms with Gasteiger partial charge >= 0.3 is 0 Å². The van der Waals surface area contributed by atoms with Gasteiger partial charge in [0, 0.05) is 12.2 Å². The molecule has 132 valence electrons. The van der Waals surface area contributed by atoms with Gasteiger partial charge in [-0.1, -0.05) is 26.0 Å². The van der Waals surface area contributed by atoms with Crippen LogP contribution in [0.5, 0.6) is 0 Å². The molecule has 2 aromatic rings. The third-order valence-corrected chi connectivity index (χ3v) is 4.38. The number of nitrogens with zero attached hydrogens (tertiary/aromatic N) is 1. The molecule has 6 heteroatoms. The third-order valence-electron chi connectivity index (χ3n) is 4.38. The standard InChI is InChI=1S/C19H21FN2O3/c1-12(2)16-8-7-15(18(23)21-16)19(24)22-9-10-25-17(11-22)13-3-5-14(20)6-4-13/h3-8,12,17H,9-11H2,1-2H3,(H,21,23)/t17-/m1/s1. The second kappa shape index (κ2) is 7.19. The molecule has 1 fully saturated rings. The monoisotopic (exact) mass is 344 g/mol. The van der Waals surface area contributed by atoms with E-state index < -0.39 is 0 Å². The van der Waals surface area contributed by atoms with E-state index in [2.05, 4.69) is 4.98 Å². The van der Waals surface area contributed by atoms with Crippen molar-refractivity contribution >= 4 is 5.91 Å². The Hall–Kier alpha value is -2.47. The average molecular weight is 344 g/mol. The number of hydrogen-bond acceptors (Lipinski definition) is 3. The molecule has 1 aliphatic heterocycles. The topological polar surface area (TPSA) is 62.4 Å². The van der Waals surface area contributed by atoms with E-state index in [-0.39, 0.29) is 34.9 Å². The number of pyridine rings is 1. The van der Waals surface area contributed by atoms with Gasteiger partial charge in [-0.2, -0.15) is 0 Å². The van der Waals surface area contributed by atoms with Crippen LogP contribution in [-0.2, 0) is 4.74 Å². The Kier molecular flexibility index (Phi) is 4.99. The van der Waals surface area contributed by atoms with Crippen molar-refractivity contribution in [1.82, 2.24) is 9.88 Å². The maximum Gasteiger partial charge on any atom is 0.261 e. The van der Waals surface area contributed by atoms with Gasteiger partial charge in [-0.3, -0.25) is 9.59 Å². The highest BCUT2D eigenvalue weighted by Crippen LogP contribution is 2.23. The zero-order chi connectivity index (χ0) is 18.0. The van der Waals surface area contributed by atoms with Gasteiger partial charge in [-0.25, -0.2) is 4.39 Å². The summed E-state index contributed by atoms with van der Waals surface area (Å²) in [6, 6.07) is 9.40. The number of carbonyl (C=O) groups is 1. The molecule has 1 saturated heterocycles. The molecular weight excluding hydrogens is 323 g/mol. The minimum absolute atomic E-state index is 0.129. The van der Waals surface area contributed by atoms with Gasteiger partial charge in [-0.15, -0.1) is 0 Å². The van der Waals surface area contributed by atoms with Crippen LogP contribution in [0.25, 0.3) is 0 Å². The van der Waals surface area contributed by atoms with Crippen molar-refractivity contribution in [3.05, 3.63) is 69.4 Å². The predicted molar refractivity (Wildman–Crippen MR) is 92.1 cm³/mol. The molecule has 3 rings (SSSR count). The lowest BCUT2D eigenvalue weighted by Crippen LogP contribution is -2.43. The molecule has 0 aliphatic carbocycles. The number of nitrogens with one attached hydrogen (secondary N) is 1. The first-order chi connectivity index (χ1) is 12.0. The van der Waals surface area contributed by atoms with Crippen molar-refractivity contribution in [2.75, 3.05) is 19.7 Å². The normalized spacial score (nSPS) is 17.8. The summed E-state index contributed by atoms with van der Waals surface area (Å²) < 4.78 is 18.8. The lowest BCUT2D eigenvalue weighted by atomic mass is 10.1. The molecule has 1 aromatic heterocycles. The highest BCUT2D eigenvalue weighted by Gasteiger charge is 2.27. The van der Waals surface area contributed by atoms with Gasteiger partial charge < -0.3 is 14.6 Å². The van der Waals surface area contributed by atoms with Crippen molar-refractivity contribution in [2.45, 2.75) is 25.9 Å². The van der Waals surface area contributed by atoms with E-state index >= 15 is 0 Å². The summed E-state index contributed by atoms with van der Waals surface area (Å²) >= 11 is 0. The maximum absolute atomic E-state index is 13.1. The molecule has 0 radical (unpaired) electrons. The highest BCUT2D eigenvalue weighted by molar-refractivity contribution is 5.94. The number of hydrogen-bond donors (Lipinski definition) is 1. The smallest absolute Gasteiger partial charge is 0.261 e. The van der Waals surface area contributed by atoms with Gasteiger partial charge in [-0.05, 0) is 35.7 Å². The molecule has 25 heavy (non-hydrogen) atoms. The number of ether oxygens (including phenoxy) is 1. The second-order valence-corrected chi connectivity index (χ2v) is 6.47. The summed E-state index contributed by atoms with van der Waals surface area (Å²) in [6.45, 7) is 5.07. The first kappa shape index (κ1) is 17.4. The number of aromatic nitrogens is 1. The van der Waals surface area contributed by atoms with Crippen LogP contribution in [0.4, 0.5) is 4.39 Å². The van der Waals surface area contributed by atoms with E-state index in [1.165, 1.54) is 12.1 Å². The number of morpholine rings is 1. The molecule has 1 atom stereocenters. The van der Waals surface area contributed by atoms with Crippen molar-refractivity contribution in [2.24, 2.45) is 0 Å². The zero-order valence-corrected chi connectivity index (χ0v) is 14.3. The second-order valence-electron chi connectivity index (χ2n) is 6.47. The van der Waals surface area contributed by atoms with E-state index in [9.17, 15) is 14.0 Å². The Morgan fingerprint density at radius 2 is 1.96 bits per heavy atom. The lowest BCUT2D eigenvalue weighted by molar-refractivity contribution is -0.0229. The van der Waals surface area contributed by atoms with Crippen LogP contribution in [0, 0.1) is 5.82 Å². The predicted octanol–water partition coefficient (Wildman–Crippen LogP) is 2.85. The Bertz CT molecular complexity index is 814. The van der Waals surface area contributed by atoms with E-state index in [1.807, 2.05) is 13.8 Å². The molecule has 5 nitrogen and oxygen atoms in total. The third kappa shape index (κ3) is 3.79. The van der Waals surface area contributed by atoms with Gasteiger partial charge in [0.15, 0.2) is 0 Å². The van der Waals surface area contributed by atoms with Gasteiger partial charge in [0.25, 0.3) is 11.5 Å². The van der Waals surface area contributed by atoms with Crippen molar-refractivity contribution in [1.29, 1.82) is 0 Å². The van der Waals surface area contributed by atoms with Crippen LogP contribution in [0.1, 0.15) is 47.5 Å². The number of amides is 1. The van der Waals surface area contributed by atoms with Crippen LogP contribution in [-0.4, -0.2) is 35.5 Å². The summed E-state index contributed by atoms with van der Waals surface area (Å²) in [6.07, 6.45) is -0.327. The summed E-state index contributed by atoms with van der Waals surface area (Å²) in [5.74, 6) is -0.445. The molecule has 2 heterocycles. The quantitative estimate of drug-likeness (QED) is 0.931. The van der Waals surface area contributed by atoms with E-state index in [1.54, 1.807) is 29.2 Å². The molecule has 1 amide bonds. The Morgan fingerprint density at radius 3 is 2.60 bits per heavy atom. The molecule has 1 N–H and O–H groups in total. The molecule has 1 aromatic carbocycles. The SMILES string of the molecule is CC(C)c1ccc(C(=O)N2CCO[C@@H](c3ccc(F)cc3)C2)c(=O)[nH]1. The Balaban J connectivity index is 1.78. The van der Waals surface area contributed by atoms with E-state index in [0.29, 0.717) is 19.7 Å². The van der Waals surface area contributed by atoms with Gasteiger partial charge in [0.05, 0.1) is 13.2 Å². The van der Waals surface area contributed by atoms with Crippen LogP contribution in [0.2, 0.25) is 0 Å². The molecular formula is C19H21FN2O3. The molecule has 0 saturated carbocycles. The maximum atomic E-state index is 13.1. The molecule has 0 unspecified atom stereocenters. The number of benzene rings is 1. The van der Waals surface area contributed by atoms with Crippen molar-refractivity contribution < 1.29 is 13.9 Å². The van der Waals surface area contributed by atoms with Crippen molar-refractivity contribution in [3.63, 3.8) is 0 Å². The first-order valence-electron chi connectivity index (χ1n) is 8.35. The Labute approximate surface area is 145 Å². The van der Waals surface area contributed by atoms with Gasteiger partial charge in [0.2, 0.25) is 0 Å². The molecule has 0 spiro atoms. The van der Waals surface area contributed by atoms with E-state index in [4.69, 9.17) is 4.74 Å².